The van der Waals surface area contributed by atoms with E-state index >= 15 is 0 Å². The highest BCUT2D eigenvalue weighted by atomic mass is 16.1. The van der Waals surface area contributed by atoms with Crippen molar-refractivity contribution in [2.75, 3.05) is 5.43 Å². The van der Waals surface area contributed by atoms with E-state index in [0.717, 1.165) is 0 Å². The Balaban J connectivity index is 2.05. The number of nitrogens with two attached hydrogens (primary N) is 1. The number of anilines is 1. The van der Waals surface area contributed by atoms with Crippen LogP contribution in [0.4, 0.5) is 5.82 Å². The Morgan fingerprint density at radius 3 is 2.28 bits per heavy atom. The van der Waals surface area contributed by atoms with E-state index < -0.39 is 0 Å². The molecule has 98 valence electrons. The summed E-state index contributed by atoms with van der Waals surface area (Å²) in [5, 5.41) is 3.06. The molecule has 18 heavy (non-hydrogen) atoms. The van der Waals surface area contributed by atoms with Crippen molar-refractivity contribution in [3.8, 4) is 0 Å². The second-order valence-corrected chi connectivity index (χ2v) is 5.93. The van der Waals surface area contributed by atoms with Gasteiger partial charge in [0.25, 0.3) is 5.91 Å². The third-order valence-electron chi connectivity index (χ3n) is 4.47. The van der Waals surface area contributed by atoms with Gasteiger partial charge in [-0.05, 0) is 23.0 Å². The van der Waals surface area contributed by atoms with Crippen LogP contribution in [0.15, 0.2) is 18.3 Å². The van der Waals surface area contributed by atoms with Gasteiger partial charge >= 0.3 is 0 Å². The molecule has 1 amide bonds. The normalized spacial score (nSPS) is 20.3. The highest BCUT2D eigenvalue weighted by molar-refractivity contribution is 5.94. The molecule has 1 saturated carbocycles. The molecule has 0 unspecified atom stereocenters. The third-order valence-corrected chi connectivity index (χ3v) is 4.47. The van der Waals surface area contributed by atoms with Crippen molar-refractivity contribution in [2.24, 2.45) is 16.7 Å². The van der Waals surface area contributed by atoms with E-state index in [-0.39, 0.29) is 22.8 Å². The molecule has 5 heteroatoms. The highest BCUT2D eigenvalue weighted by Gasteiger charge is 2.65. The molecule has 1 aromatic rings. The number of nitrogen functional groups attached to an aromatic ring is 1. The lowest BCUT2D eigenvalue weighted by Gasteiger charge is -2.07. The average molecular weight is 248 g/mol. The number of aromatic nitrogens is 1. The largest absolute Gasteiger partial charge is 0.348 e. The molecular formula is C13H20N4O. The Hall–Kier alpha value is -1.62. The van der Waals surface area contributed by atoms with E-state index in [1.165, 1.54) is 6.20 Å². The van der Waals surface area contributed by atoms with Crippen molar-refractivity contribution in [1.82, 2.24) is 10.3 Å². The summed E-state index contributed by atoms with van der Waals surface area (Å²) in [6.07, 6.45) is 1.52. The average Bonchev–Trinajstić information content (AvgIpc) is 2.72. The van der Waals surface area contributed by atoms with Gasteiger partial charge in [-0.25, -0.2) is 10.8 Å². The second kappa shape index (κ2) is 3.95. The molecule has 5 nitrogen and oxygen atoms in total. The second-order valence-electron chi connectivity index (χ2n) is 5.93. The molecule has 1 aliphatic carbocycles. The first-order chi connectivity index (χ1) is 8.30. The van der Waals surface area contributed by atoms with Crippen LogP contribution in [0.2, 0.25) is 0 Å². The monoisotopic (exact) mass is 248 g/mol. The number of carbonyl (C=O) groups excluding carboxylic acids is 1. The first-order valence-electron chi connectivity index (χ1n) is 6.04. The number of rotatable bonds is 3. The molecule has 0 aromatic carbocycles. The molecule has 1 aromatic heterocycles. The van der Waals surface area contributed by atoms with Crippen molar-refractivity contribution in [3.05, 3.63) is 23.9 Å². The SMILES string of the molecule is CC1(C)C(NC(=O)c2ccc(NN)nc2)C1(C)C. The van der Waals surface area contributed by atoms with Gasteiger partial charge in [-0.3, -0.25) is 4.79 Å². The van der Waals surface area contributed by atoms with Gasteiger partial charge in [0.05, 0.1) is 5.56 Å². The Morgan fingerprint density at radius 2 is 1.89 bits per heavy atom. The van der Waals surface area contributed by atoms with Gasteiger partial charge in [0.2, 0.25) is 0 Å². The maximum Gasteiger partial charge on any atom is 0.253 e. The number of amides is 1. The van der Waals surface area contributed by atoms with Crippen LogP contribution in [0.1, 0.15) is 38.1 Å². The molecule has 0 saturated heterocycles. The highest BCUT2D eigenvalue weighted by Crippen LogP contribution is 2.62. The van der Waals surface area contributed by atoms with Crippen LogP contribution in [-0.4, -0.2) is 16.9 Å². The van der Waals surface area contributed by atoms with E-state index in [4.69, 9.17) is 5.84 Å². The molecule has 1 fully saturated rings. The van der Waals surface area contributed by atoms with Crippen LogP contribution < -0.4 is 16.6 Å². The molecular weight excluding hydrogens is 228 g/mol. The van der Waals surface area contributed by atoms with Gasteiger partial charge in [0.15, 0.2) is 0 Å². The summed E-state index contributed by atoms with van der Waals surface area (Å²) in [6.45, 7) is 8.66. The number of nitrogens with zero attached hydrogens (tertiary/aromatic N) is 1. The zero-order valence-electron chi connectivity index (χ0n) is 11.2. The van der Waals surface area contributed by atoms with Crippen molar-refractivity contribution in [1.29, 1.82) is 0 Å². The van der Waals surface area contributed by atoms with Gasteiger partial charge < -0.3 is 10.7 Å². The van der Waals surface area contributed by atoms with Crippen molar-refractivity contribution >= 4 is 11.7 Å². The van der Waals surface area contributed by atoms with E-state index in [0.29, 0.717) is 11.4 Å². The van der Waals surface area contributed by atoms with Gasteiger partial charge in [0.1, 0.15) is 5.82 Å². The smallest absolute Gasteiger partial charge is 0.253 e. The van der Waals surface area contributed by atoms with Gasteiger partial charge in [-0.1, -0.05) is 27.7 Å². The molecule has 4 N–H and O–H groups in total. The fourth-order valence-corrected chi connectivity index (χ4v) is 2.39. The fourth-order valence-electron chi connectivity index (χ4n) is 2.39. The maximum atomic E-state index is 12.1. The lowest BCUT2D eigenvalue weighted by molar-refractivity contribution is 0.0943. The Kier molecular flexibility index (Phi) is 2.81. The lowest BCUT2D eigenvalue weighted by Crippen LogP contribution is -2.29. The summed E-state index contributed by atoms with van der Waals surface area (Å²) < 4.78 is 0. The molecule has 0 spiro atoms. The van der Waals surface area contributed by atoms with Crippen molar-refractivity contribution in [2.45, 2.75) is 33.7 Å². The number of carbonyl (C=O) groups is 1. The Labute approximate surface area is 107 Å². The van der Waals surface area contributed by atoms with E-state index in [1.807, 2.05) is 0 Å². The van der Waals surface area contributed by atoms with Crippen molar-refractivity contribution < 1.29 is 4.79 Å². The first kappa shape index (κ1) is 12.8. The summed E-state index contributed by atoms with van der Waals surface area (Å²) in [5.41, 5.74) is 3.25. The zero-order chi connectivity index (χ0) is 13.6. The minimum atomic E-state index is -0.0882. The van der Waals surface area contributed by atoms with Crippen LogP contribution in [-0.2, 0) is 0 Å². The molecule has 2 rings (SSSR count). The number of hydrogen-bond acceptors (Lipinski definition) is 4. The van der Waals surface area contributed by atoms with E-state index in [1.54, 1.807) is 12.1 Å². The van der Waals surface area contributed by atoms with E-state index in [9.17, 15) is 4.79 Å². The molecule has 0 radical (unpaired) electrons. The van der Waals surface area contributed by atoms with Crippen molar-refractivity contribution in [3.63, 3.8) is 0 Å². The third kappa shape index (κ3) is 1.84. The van der Waals surface area contributed by atoms with Crippen LogP contribution >= 0.6 is 0 Å². The Bertz CT molecular complexity index is 450. The minimum Gasteiger partial charge on any atom is -0.348 e. The summed E-state index contributed by atoms with van der Waals surface area (Å²) in [7, 11) is 0. The minimum absolute atomic E-state index is 0.0882. The molecule has 0 atom stereocenters. The maximum absolute atomic E-state index is 12.1. The lowest BCUT2D eigenvalue weighted by atomic mass is 10.0. The molecule has 0 aliphatic heterocycles. The van der Waals surface area contributed by atoms with Crippen LogP contribution in [0, 0.1) is 10.8 Å². The standard InChI is InChI=1S/C13H20N4O/c1-12(2)11(13(12,3)4)16-10(18)8-5-6-9(17-14)15-7-8/h5-7,11H,14H2,1-4H3,(H,15,17)(H,16,18). The van der Waals surface area contributed by atoms with Gasteiger partial charge in [-0.15, -0.1) is 0 Å². The van der Waals surface area contributed by atoms with Crippen LogP contribution in [0.5, 0.6) is 0 Å². The molecule has 0 bridgehead atoms. The summed E-state index contributed by atoms with van der Waals surface area (Å²) in [5.74, 6) is 5.68. The summed E-state index contributed by atoms with van der Waals surface area (Å²) >= 11 is 0. The number of nitrogens with one attached hydrogen (secondary N) is 2. The number of pyridine rings is 1. The topological polar surface area (TPSA) is 80.0 Å². The summed E-state index contributed by atoms with van der Waals surface area (Å²) in [4.78, 5) is 16.1. The van der Waals surface area contributed by atoms with Gasteiger partial charge in [0, 0.05) is 12.2 Å². The fraction of sp³-hybridized carbons (Fsp3) is 0.538. The predicted octanol–water partition coefficient (Wildman–Crippen LogP) is 1.53. The van der Waals surface area contributed by atoms with Crippen LogP contribution in [0.25, 0.3) is 0 Å². The number of hydrogen-bond donors (Lipinski definition) is 3. The van der Waals surface area contributed by atoms with E-state index in [2.05, 4.69) is 43.4 Å². The summed E-state index contributed by atoms with van der Waals surface area (Å²) in [6, 6.07) is 3.59. The number of hydrazine groups is 1. The first-order valence-corrected chi connectivity index (χ1v) is 6.04. The van der Waals surface area contributed by atoms with Crippen LogP contribution in [0.3, 0.4) is 0 Å². The predicted molar refractivity (Wildman–Crippen MR) is 70.9 cm³/mol. The Morgan fingerprint density at radius 1 is 1.28 bits per heavy atom. The molecule has 1 aliphatic rings. The zero-order valence-corrected chi connectivity index (χ0v) is 11.2. The van der Waals surface area contributed by atoms with Gasteiger partial charge in [-0.2, -0.15) is 0 Å². The molecule has 1 heterocycles. The quantitative estimate of drug-likeness (QED) is 0.560.